The highest BCUT2D eigenvalue weighted by atomic mass is 16.6. The summed E-state index contributed by atoms with van der Waals surface area (Å²) >= 11 is 0. The van der Waals surface area contributed by atoms with E-state index in [9.17, 15) is 14.9 Å². The summed E-state index contributed by atoms with van der Waals surface area (Å²) in [5, 5.41) is 40.1. The number of nitro benzene ring substituents is 1. The standard InChI is InChI=1S/C12H16N2O6/c15-6-12(7-16,8-17)13-11(18)5-9-1-3-10(4-2-9)14(19)20/h1-4,15-17H,5-8H2,(H,13,18). The van der Waals surface area contributed by atoms with Gasteiger partial charge in [-0.3, -0.25) is 14.9 Å². The molecule has 1 rings (SSSR count). The number of nitrogens with one attached hydrogen (secondary N) is 1. The van der Waals surface area contributed by atoms with Crippen molar-refractivity contribution in [1.82, 2.24) is 5.32 Å². The lowest BCUT2D eigenvalue weighted by molar-refractivity contribution is -0.384. The van der Waals surface area contributed by atoms with Gasteiger partial charge in [0.15, 0.2) is 0 Å². The third-order valence-electron chi connectivity index (χ3n) is 2.82. The molecule has 1 amide bonds. The molecule has 0 saturated carbocycles. The largest absolute Gasteiger partial charge is 0.394 e. The number of nitro groups is 1. The van der Waals surface area contributed by atoms with Crippen molar-refractivity contribution < 1.29 is 25.0 Å². The molecule has 0 radical (unpaired) electrons. The van der Waals surface area contributed by atoms with Gasteiger partial charge in [-0.1, -0.05) is 12.1 Å². The van der Waals surface area contributed by atoms with Crippen LogP contribution >= 0.6 is 0 Å². The van der Waals surface area contributed by atoms with Gasteiger partial charge in [-0.05, 0) is 5.56 Å². The predicted molar refractivity (Wildman–Crippen MR) is 68.9 cm³/mol. The van der Waals surface area contributed by atoms with Crippen molar-refractivity contribution in [2.24, 2.45) is 0 Å². The molecule has 0 saturated heterocycles. The number of carbonyl (C=O) groups excluding carboxylic acids is 1. The summed E-state index contributed by atoms with van der Waals surface area (Å²) in [7, 11) is 0. The molecule has 4 N–H and O–H groups in total. The van der Waals surface area contributed by atoms with Crippen molar-refractivity contribution in [2.45, 2.75) is 12.0 Å². The molecule has 0 fully saturated rings. The number of hydrogen-bond acceptors (Lipinski definition) is 6. The second kappa shape index (κ2) is 6.94. The molecule has 110 valence electrons. The zero-order chi connectivity index (χ0) is 15.2. The van der Waals surface area contributed by atoms with Crippen LogP contribution in [0.1, 0.15) is 5.56 Å². The van der Waals surface area contributed by atoms with E-state index in [1.165, 1.54) is 24.3 Å². The Kier molecular flexibility index (Phi) is 5.56. The molecule has 8 heteroatoms. The first-order chi connectivity index (χ1) is 9.46. The minimum absolute atomic E-state index is 0.0791. The molecule has 0 aromatic heterocycles. The molecule has 0 aliphatic rings. The van der Waals surface area contributed by atoms with E-state index in [4.69, 9.17) is 15.3 Å². The molecule has 0 aliphatic heterocycles. The molecular formula is C12H16N2O6. The SMILES string of the molecule is O=C(Cc1ccc([N+](=O)[O-])cc1)NC(CO)(CO)CO. The maximum atomic E-state index is 11.7. The van der Waals surface area contributed by atoms with Gasteiger partial charge in [0.25, 0.3) is 5.69 Å². The fraction of sp³-hybridized carbons (Fsp3) is 0.417. The Morgan fingerprint density at radius 1 is 1.15 bits per heavy atom. The molecule has 0 atom stereocenters. The van der Waals surface area contributed by atoms with Crippen molar-refractivity contribution in [1.29, 1.82) is 0 Å². The summed E-state index contributed by atoms with van der Waals surface area (Å²) in [5.74, 6) is -0.518. The van der Waals surface area contributed by atoms with E-state index in [2.05, 4.69) is 5.32 Å². The van der Waals surface area contributed by atoms with E-state index in [1.54, 1.807) is 0 Å². The predicted octanol–water partition coefficient (Wildman–Crippen LogP) is -1.03. The summed E-state index contributed by atoms with van der Waals surface area (Å²) in [6, 6.07) is 5.44. The van der Waals surface area contributed by atoms with Gasteiger partial charge in [-0.25, -0.2) is 0 Å². The summed E-state index contributed by atoms with van der Waals surface area (Å²) < 4.78 is 0. The Hall–Kier alpha value is -2.03. The van der Waals surface area contributed by atoms with Crippen LogP contribution in [0.4, 0.5) is 5.69 Å². The van der Waals surface area contributed by atoms with E-state index in [0.29, 0.717) is 5.56 Å². The number of aliphatic hydroxyl groups excluding tert-OH is 3. The van der Waals surface area contributed by atoms with E-state index in [-0.39, 0.29) is 12.1 Å². The van der Waals surface area contributed by atoms with Crippen LogP contribution in [0.3, 0.4) is 0 Å². The highest BCUT2D eigenvalue weighted by molar-refractivity contribution is 5.79. The summed E-state index contributed by atoms with van der Waals surface area (Å²) in [6.07, 6.45) is -0.0836. The summed E-state index contributed by atoms with van der Waals surface area (Å²) in [4.78, 5) is 21.7. The zero-order valence-corrected chi connectivity index (χ0v) is 10.7. The Bertz CT molecular complexity index is 461. The number of non-ortho nitro benzene ring substituents is 1. The van der Waals surface area contributed by atoms with Gasteiger partial charge in [-0.15, -0.1) is 0 Å². The van der Waals surface area contributed by atoms with Crippen molar-refractivity contribution in [3.8, 4) is 0 Å². The minimum Gasteiger partial charge on any atom is -0.394 e. The van der Waals surface area contributed by atoms with Crippen LogP contribution in [0.25, 0.3) is 0 Å². The van der Waals surface area contributed by atoms with Crippen LogP contribution in [0, 0.1) is 10.1 Å². The van der Waals surface area contributed by atoms with Crippen LogP contribution < -0.4 is 5.32 Å². The van der Waals surface area contributed by atoms with Gasteiger partial charge in [0, 0.05) is 12.1 Å². The molecule has 8 nitrogen and oxygen atoms in total. The first-order valence-corrected chi connectivity index (χ1v) is 5.83. The van der Waals surface area contributed by atoms with Gasteiger partial charge in [0.1, 0.15) is 5.54 Å². The van der Waals surface area contributed by atoms with E-state index >= 15 is 0 Å². The van der Waals surface area contributed by atoms with Gasteiger partial charge in [0.05, 0.1) is 31.2 Å². The number of rotatable bonds is 7. The average molecular weight is 284 g/mol. The number of aliphatic hydroxyl groups is 3. The molecule has 1 aromatic carbocycles. The highest BCUT2D eigenvalue weighted by Crippen LogP contribution is 2.12. The van der Waals surface area contributed by atoms with Crippen LogP contribution in [0.2, 0.25) is 0 Å². The molecule has 0 bridgehead atoms. The second-order valence-corrected chi connectivity index (χ2v) is 4.40. The lowest BCUT2D eigenvalue weighted by Gasteiger charge is -2.28. The second-order valence-electron chi connectivity index (χ2n) is 4.40. The zero-order valence-electron chi connectivity index (χ0n) is 10.7. The minimum atomic E-state index is -1.47. The number of hydrogen-bond donors (Lipinski definition) is 4. The molecule has 0 heterocycles. The topological polar surface area (TPSA) is 133 Å². The van der Waals surface area contributed by atoms with Gasteiger partial charge in [0.2, 0.25) is 5.91 Å². The Balaban J connectivity index is 2.68. The lowest BCUT2D eigenvalue weighted by atomic mass is 10.0. The first-order valence-electron chi connectivity index (χ1n) is 5.83. The van der Waals surface area contributed by atoms with Gasteiger partial charge >= 0.3 is 0 Å². The molecular weight excluding hydrogens is 268 g/mol. The molecule has 0 aliphatic carbocycles. The number of benzene rings is 1. The summed E-state index contributed by atoms with van der Waals surface area (Å²) in [6.45, 7) is -1.82. The Morgan fingerprint density at radius 3 is 2.05 bits per heavy atom. The maximum Gasteiger partial charge on any atom is 0.269 e. The van der Waals surface area contributed by atoms with Crippen molar-refractivity contribution >= 4 is 11.6 Å². The van der Waals surface area contributed by atoms with E-state index in [1.807, 2.05) is 0 Å². The number of nitrogens with zero attached hydrogens (tertiary/aromatic N) is 1. The fourth-order valence-electron chi connectivity index (χ4n) is 1.53. The summed E-state index contributed by atoms with van der Waals surface area (Å²) in [5.41, 5.74) is -1.02. The van der Waals surface area contributed by atoms with Crippen molar-refractivity contribution in [3.05, 3.63) is 39.9 Å². The maximum absolute atomic E-state index is 11.7. The monoisotopic (exact) mass is 284 g/mol. The first kappa shape index (κ1) is 16.0. The number of carbonyl (C=O) groups is 1. The van der Waals surface area contributed by atoms with Gasteiger partial charge < -0.3 is 20.6 Å². The molecule has 0 unspecified atom stereocenters. The van der Waals surface area contributed by atoms with Crippen LogP contribution in [-0.2, 0) is 11.2 Å². The Labute approximate surface area is 114 Å². The van der Waals surface area contributed by atoms with Crippen LogP contribution in [-0.4, -0.2) is 51.5 Å². The fourth-order valence-corrected chi connectivity index (χ4v) is 1.53. The quantitative estimate of drug-likeness (QED) is 0.374. The smallest absolute Gasteiger partial charge is 0.269 e. The normalized spacial score (nSPS) is 11.2. The molecule has 0 spiro atoms. The molecule has 1 aromatic rings. The average Bonchev–Trinajstić information content (AvgIpc) is 2.45. The highest BCUT2D eigenvalue weighted by Gasteiger charge is 2.29. The van der Waals surface area contributed by atoms with E-state index < -0.39 is 36.2 Å². The molecule has 20 heavy (non-hydrogen) atoms. The lowest BCUT2D eigenvalue weighted by Crippen LogP contribution is -2.57. The third-order valence-corrected chi connectivity index (χ3v) is 2.82. The van der Waals surface area contributed by atoms with Crippen LogP contribution in [0.5, 0.6) is 0 Å². The van der Waals surface area contributed by atoms with Crippen LogP contribution in [0.15, 0.2) is 24.3 Å². The number of amides is 1. The van der Waals surface area contributed by atoms with E-state index in [0.717, 1.165) is 0 Å². The van der Waals surface area contributed by atoms with Gasteiger partial charge in [-0.2, -0.15) is 0 Å². The van der Waals surface area contributed by atoms with Crippen molar-refractivity contribution in [2.75, 3.05) is 19.8 Å². The Morgan fingerprint density at radius 2 is 1.65 bits per heavy atom. The van der Waals surface area contributed by atoms with Crippen molar-refractivity contribution in [3.63, 3.8) is 0 Å². The third kappa shape index (κ3) is 3.98.